The van der Waals surface area contributed by atoms with Crippen LogP contribution in [0.2, 0.25) is 0 Å². The standard InChI is InChI=1S/C14H8N6O/c1-21-12-3-8(4-15)2-9(10(12)5-16)13-19-11-6-17-7-18-14(11)20-13/h2-3,6-7H,1H3,(H,17,18,19,20). The van der Waals surface area contributed by atoms with Crippen molar-refractivity contribution < 1.29 is 4.74 Å². The van der Waals surface area contributed by atoms with Crippen molar-refractivity contribution in [2.75, 3.05) is 7.11 Å². The van der Waals surface area contributed by atoms with Gasteiger partial charge in [0.1, 0.15) is 35.1 Å². The molecule has 7 heteroatoms. The van der Waals surface area contributed by atoms with Gasteiger partial charge >= 0.3 is 0 Å². The van der Waals surface area contributed by atoms with Crippen molar-refractivity contribution >= 4 is 11.2 Å². The number of imidazole rings is 1. The van der Waals surface area contributed by atoms with Crippen molar-refractivity contribution in [1.29, 1.82) is 10.5 Å². The van der Waals surface area contributed by atoms with Gasteiger partial charge in [0.25, 0.3) is 0 Å². The Hall–Kier alpha value is -3.45. The van der Waals surface area contributed by atoms with Crippen LogP contribution in [0.3, 0.4) is 0 Å². The highest BCUT2D eigenvalue weighted by molar-refractivity contribution is 5.78. The molecule has 2 heterocycles. The Morgan fingerprint density at radius 2 is 2.10 bits per heavy atom. The summed E-state index contributed by atoms with van der Waals surface area (Å²) in [5.74, 6) is 0.774. The quantitative estimate of drug-likeness (QED) is 0.763. The summed E-state index contributed by atoms with van der Waals surface area (Å²) in [5, 5.41) is 18.4. The van der Waals surface area contributed by atoms with Crippen LogP contribution in [0.4, 0.5) is 0 Å². The molecule has 100 valence electrons. The Balaban J connectivity index is 2.30. The maximum Gasteiger partial charge on any atom is 0.181 e. The van der Waals surface area contributed by atoms with Gasteiger partial charge in [0.05, 0.1) is 24.9 Å². The van der Waals surface area contributed by atoms with E-state index in [0.29, 0.717) is 39.4 Å². The van der Waals surface area contributed by atoms with E-state index in [4.69, 9.17) is 10.00 Å². The third-order valence-electron chi connectivity index (χ3n) is 2.98. The van der Waals surface area contributed by atoms with E-state index < -0.39 is 0 Å². The molecular formula is C14H8N6O. The van der Waals surface area contributed by atoms with Gasteiger partial charge in [-0.2, -0.15) is 10.5 Å². The highest BCUT2D eigenvalue weighted by Crippen LogP contribution is 2.31. The van der Waals surface area contributed by atoms with Crippen molar-refractivity contribution in [1.82, 2.24) is 19.9 Å². The third kappa shape index (κ3) is 2.03. The SMILES string of the molecule is COc1cc(C#N)cc(-c2nc3ncncc3[nH]2)c1C#N. The molecule has 0 saturated heterocycles. The van der Waals surface area contributed by atoms with E-state index in [1.165, 1.54) is 19.5 Å². The van der Waals surface area contributed by atoms with Crippen molar-refractivity contribution in [3.05, 3.63) is 35.8 Å². The van der Waals surface area contributed by atoms with Gasteiger partial charge in [-0.05, 0) is 12.1 Å². The van der Waals surface area contributed by atoms with Gasteiger partial charge in [0, 0.05) is 5.56 Å². The largest absolute Gasteiger partial charge is 0.495 e. The van der Waals surface area contributed by atoms with Gasteiger partial charge in [-0.15, -0.1) is 0 Å². The number of rotatable bonds is 2. The molecule has 0 unspecified atom stereocenters. The van der Waals surface area contributed by atoms with E-state index in [2.05, 4.69) is 26.0 Å². The topological polar surface area (TPSA) is 111 Å². The lowest BCUT2D eigenvalue weighted by molar-refractivity contribution is 0.413. The smallest absolute Gasteiger partial charge is 0.181 e. The van der Waals surface area contributed by atoms with Gasteiger partial charge in [0.2, 0.25) is 0 Å². The number of methoxy groups -OCH3 is 1. The molecule has 3 aromatic rings. The second-order valence-electron chi connectivity index (χ2n) is 4.17. The average Bonchev–Trinajstić information content (AvgIpc) is 2.97. The molecular weight excluding hydrogens is 268 g/mol. The molecule has 0 aliphatic heterocycles. The van der Waals surface area contributed by atoms with E-state index in [-0.39, 0.29) is 0 Å². The zero-order valence-corrected chi connectivity index (χ0v) is 11.0. The molecule has 1 aromatic carbocycles. The number of nitrogens with zero attached hydrogens (tertiary/aromatic N) is 5. The first kappa shape index (κ1) is 12.6. The molecule has 0 aliphatic carbocycles. The molecule has 2 aromatic heterocycles. The summed E-state index contributed by atoms with van der Waals surface area (Å²) in [7, 11) is 1.45. The fourth-order valence-corrected chi connectivity index (χ4v) is 2.03. The van der Waals surface area contributed by atoms with Crippen LogP contribution in [0.5, 0.6) is 5.75 Å². The number of benzene rings is 1. The minimum Gasteiger partial charge on any atom is -0.495 e. The monoisotopic (exact) mass is 276 g/mol. The predicted molar refractivity (Wildman–Crippen MR) is 73.1 cm³/mol. The maximum absolute atomic E-state index is 9.35. The van der Waals surface area contributed by atoms with Gasteiger partial charge in [-0.1, -0.05) is 0 Å². The molecule has 0 radical (unpaired) electrons. The van der Waals surface area contributed by atoms with Gasteiger partial charge in [-0.3, -0.25) is 0 Å². The summed E-state index contributed by atoms with van der Waals surface area (Å²) in [6.07, 6.45) is 2.99. The zero-order valence-electron chi connectivity index (χ0n) is 11.0. The van der Waals surface area contributed by atoms with E-state index in [1.807, 2.05) is 6.07 Å². The molecule has 3 rings (SSSR count). The Morgan fingerprint density at radius 3 is 2.76 bits per heavy atom. The van der Waals surface area contributed by atoms with Crippen LogP contribution in [0.15, 0.2) is 24.7 Å². The number of nitrogens with one attached hydrogen (secondary N) is 1. The summed E-state index contributed by atoms with van der Waals surface area (Å²) in [6, 6.07) is 7.22. The first-order valence-corrected chi connectivity index (χ1v) is 5.95. The third-order valence-corrected chi connectivity index (χ3v) is 2.98. The molecule has 0 amide bonds. The van der Waals surface area contributed by atoms with E-state index in [9.17, 15) is 5.26 Å². The van der Waals surface area contributed by atoms with Crippen LogP contribution >= 0.6 is 0 Å². The Bertz CT molecular complexity index is 882. The van der Waals surface area contributed by atoms with Crippen molar-refractivity contribution in [3.63, 3.8) is 0 Å². The highest BCUT2D eigenvalue weighted by Gasteiger charge is 2.16. The van der Waals surface area contributed by atoms with Crippen molar-refractivity contribution in [2.24, 2.45) is 0 Å². The molecule has 0 atom stereocenters. The summed E-state index contributed by atoms with van der Waals surface area (Å²) >= 11 is 0. The number of nitriles is 2. The Kier molecular flexibility index (Phi) is 2.94. The van der Waals surface area contributed by atoms with Gasteiger partial charge < -0.3 is 9.72 Å². The number of ether oxygens (including phenoxy) is 1. The summed E-state index contributed by atoms with van der Waals surface area (Å²) in [4.78, 5) is 15.3. The molecule has 21 heavy (non-hydrogen) atoms. The van der Waals surface area contributed by atoms with Crippen LogP contribution in [-0.4, -0.2) is 27.0 Å². The normalized spacial score (nSPS) is 10.0. The average molecular weight is 276 g/mol. The minimum atomic E-state index is 0.309. The molecule has 0 aliphatic rings. The van der Waals surface area contributed by atoms with Crippen molar-refractivity contribution in [3.8, 4) is 29.3 Å². The molecule has 1 N–H and O–H groups in total. The zero-order chi connectivity index (χ0) is 14.8. The molecule has 0 fully saturated rings. The number of fused-ring (bicyclic) bond motifs is 1. The summed E-state index contributed by atoms with van der Waals surface area (Å²) < 4.78 is 5.17. The van der Waals surface area contributed by atoms with E-state index >= 15 is 0 Å². The van der Waals surface area contributed by atoms with Crippen LogP contribution < -0.4 is 4.74 Å². The van der Waals surface area contributed by atoms with Crippen LogP contribution in [0, 0.1) is 22.7 Å². The highest BCUT2D eigenvalue weighted by atomic mass is 16.5. The predicted octanol–water partition coefficient (Wildman–Crippen LogP) is 1.77. The Labute approximate surface area is 119 Å². The van der Waals surface area contributed by atoms with Crippen molar-refractivity contribution in [2.45, 2.75) is 0 Å². The Morgan fingerprint density at radius 1 is 1.24 bits per heavy atom. The van der Waals surface area contributed by atoms with E-state index in [1.54, 1.807) is 12.3 Å². The van der Waals surface area contributed by atoms with E-state index in [0.717, 1.165) is 0 Å². The molecule has 0 bridgehead atoms. The molecule has 0 spiro atoms. The van der Waals surface area contributed by atoms with Gasteiger partial charge in [-0.25, -0.2) is 15.0 Å². The number of H-pyrrole nitrogens is 1. The van der Waals surface area contributed by atoms with Gasteiger partial charge in [0.15, 0.2) is 5.65 Å². The lowest BCUT2D eigenvalue weighted by Crippen LogP contribution is -1.94. The van der Waals surface area contributed by atoms with Crippen LogP contribution in [0.25, 0.3) is 22.6 Å². The molecule has 7 nitrogen and oxygen atoms in total. The summed E-state index contributed by atoms with van der Waals surface area (Å²) in [6.45, 7) is 0. The first-order chi connectivity index (χ1) is 10.3. The fraction of sp³-hybridized carbons (Fsp3) is 0.0714. The number of hydrogen-bond donors (Lipinski definition) is 1. The lowest BCUT2D eigenvalue weighted by Gasteiger charge is -2.07. The first-order valence-electron chi connectivity index (χ1n) is 5.95. The van der Waals surface area contributed by atoms with Crippen LogP contribution in [0.1, 0.15) is 11.1 Å². The number of hydrogen-bond acceptors (Lipinski definition) is 6. The lowest BCUT2D eigenvalue weighted by atomic mass is 10.0. The van der Waals surface area contributed by atoms with Crippen LogP contribution in [-0.2, 0) is 0 Å². The number of aromatic amines is 1. The minimum absolute atomic E-state index is 0.309. The molecule has 0 saturated carbocycles. The summed E-state index contributed by atoms with van der Waals surface area (Å²) in [5.41, 5.74) is 2.32. The second-order valence-corrected chi connectivity index (χ2v) is 4.17. The maximum atomic E-state index is 9.35. The second kappa shape index (κ2) is 4.91. The fourth-order valence-electron chi connectivity index (χ4n) is 2.03. The number of aromatic nitrogens is 4.